The Morgan fingerprint density at radius 3 is 2.62 bits per heavy atom. The second-order valence-corrected chi connectivity index (χ2v) is 3.98. The van der Waals surface area contributed by atoms with Crippen LogP contribution in [0.15, 0.2) is 18.2 Å². The Morgan fingerprint density at radius 2 is 2.12 bits per heavy atom. The molecule has 0 spiro atoms. The molecule has 0 aromatic heterocycles. The van der Waals surface area contributed by atoms with Gasteiger partial charge < -0.3 is 9.64 Å². The third-order valence-electron chi connectivity index (χ3n) is 2.33. The Balaban J connectivity index is 2.76. The number of Topliss-reactive ketones (excluding diaryl/α,β-unsaturated/α-hetero) is 1. The molecule has 0 heterocycles. The van der Waals surface area contributed by atoms with Gasteiger partial charge in [-0.25, -0.2) is 4.39 Å². The number of halogens is 1. The van der Waals surface area contributed by atoms with Crippen molar-refractivity contribution in [1.82, 2.24) is 0 Å². The lowest BCUT2D eigenvalue weighted by molar-refractivity contribution is -0.857. The summed E-state index contributed by atoms with van der Waals surface area (Å²) in [4.78, 5) is 12.8. The minimum absolute atomic E-state index is 0.141. The highest BCUT2D eigenvalue weighted by molar-refractivity contribution is 5.96. The molecule has 0 aliphatic carbocycles. The van der Waals surface area contributed by atoms with Crippen LogP contribution in [0, 0.1) is 5.82 Å². The van der Waals surface area contributed by atoms with Crippen molar-refractivity contribution in [2.75, 3.05) is 27.7 Å². The Bertz CT molecular complexity index is 377. The molecule has 16 heavy (non-hydrogen) atoms. The number of ketones is 1. The summed E-state index contributed by atoms with van der Waals surface area (Å²) in [5, 5.41) is 0. The fraction of sp³-hybridized carbons (Fsp3) is 0.417. The van der Waals surface area contributed by atoms with Gasteiger partial charge >= 0.3 is 0 Å². The average Bonchev–Trinajstić information content (AvgIpc) is 2.25. The molecule has 0 unspecified atom stereocenters. The van der Waals surface area contributed by atoms with Gasteiger partial charge in [0.25, 0.3) is 0 Å². The Hall–Kier alpha value is -1.42. The van der Waals surface area contributed by atoms with E-state index in [1.165, 1.54) is 24.1 Å². The van der Waals surface area contributed by atoms with Crippen molar-refractivity contribution in [2.45, 2.75) is 6.42 Å². The summed E-state index contributed by atoms with van der Waals surface area (Å²) < 4.78 is 18.4. The summed E-state index contributed by atoms with van der Waals surface area (Å²) >= 11 is 0. The van der Waals surface area contributed by atoms with Crippen LogP contribution in [-0.2, 0) is 0 Å². The maximum absolute atomic E-state index is 13.5. The van der Waals surface area contributed by atoms with E-state index in [2.05, 4.69) is 0 Å². The second-order valence-electron chi connectivity index (χ2n) is 3.98. The molecule has 3 nitrogen and oxygen atoms in total. The van der Waals surface area contributed by atoms with E-state index in [0.717, 1.165) is 0 Å². The molecule has 0 amide bonds. The van der Waals surface area contributed by atoms with Crippen molar-refractivity contribution in [1.29, 1.82) is 0 Å². The highest BCUT2D eigenvalue weighted by Crippen LogP contribution is 2.17. The smallest absolute Gasteiger partial charge is 0.171 e. The van der Waals surface area contributed by atoms with E-state index in [4.69, 9.17) is 4.74 Å². The maximum Gasteiger partial charge on any atom is 0.171 e. The first-order valence-corrected chi connectivity index (χ1v) is 5.20. The van der Waals surface area contributed by atoms with Crippen LogP contribution in [0.5, 0.6) is 5.75 Å². The molecule has 0 aliphatic rings. The summed E-state index contributed by atoms with van der Waals surface area (Å²) in [6.07, 6.45) is 0.353. The second kappa shape index (κ2) is 5.61. The van der Waals surface area contributed by atoms with Gasteiger partial charge in [-0.2, -0.15) is 0 Å². The van der Waals surface area contributed by atoms with E-state index in [1.807, 2.05) is 14.1 Å². The van der Waals surface area contributed by atoms with Gasteiger partial charge in [-0.1, -0.05) is 0 Å². The Labute approximate surface area is 94.8 Å². The summed E-state index contributed by atoms with van der Waals surface area (Å²) in [6, 6.07) is 4.30. The molecule has 1 aromatic rings. The highest BCUT2D eigenvalue weighted by atomic mass is 19.1. The lowest BCUT2D eigenvalue weighted by Gasteiger charge is -2.07. The molecule has 0 aliphatic heterocycles. The molecule has 1 rings (SSSR count). The molecule has 88 valence electrons. The number of quaternary nitrogens is 1. The third kappa shape index (κ3) is 3.31. The van der Waals surface area contributed by atoms with Gasteiger partial charge in [0.2, 0.25) is 0 Å². The van der Waals surface area contributed by atoms with Gasteiger partial charge in [-0.05, 0) is 12.1 Å². The zero-order valence-corrected chi connectivity index (χ0v) is 9.84. The minimum Gasteiger partial charge on any atom is -0.497 e. The standard InChI is InChI=1S/C12H16FNO2/c1-14(2)7-6-12(15)10-5-4-9(16-3)8-11(10)13/h4-5,8H,6-7H2,1-3H3/p+1. The predicted octanol–water partition coefficient (Wildman–Crippen LogP) is 0.552. The SMILES string of the molecule is COc1ccc(C(=O)CC[NH+](C)C)c(F)c1. The number of benzene rings is 1. The number of methoxy groups -OCH3 is 1. The zero-order chi connectivity index (χ0) is 12.1. The number of carbonyl (C=O) groups excluding carboxylic acids is 1. The van der Waals surface area contributed by atoms with Crippen molar-refractivity contribution in [3.8, 4) is 5.75 Å². The molecule has 1 aromatic carbocycles. The van der Waals surface area contributed by atoms with Crippen molar-refractivity contribution in [3.05, 3.63) is 29.6 Å². The number of carbonyl (C=O) groups is 1. The average molecular weight is 226 g/mol. The third-order valence-corrected chi connectivity index (χ3v) is 2.33. The number of hydrogen-bond acceptors (Lipinski definition) is 2. The van der Waals surface area contributed by atoms with E-state index in [1.54, 1.807) is 6.07 Å². The van der Waals surface area contributed by atoms with E-state index in [-0.39, 0.29) is 11.3 Å². The number of ether oxygens (including phenoxy) is 1. The summed E-state index contributed by atoms with van der Waals surface area (Å²) in [5.74, 6) is -0.258. The summed E-state index contributed by atoms with van der Waals surface area (Å²) in [6.45, 7) is 0.699. The van der Waals surface area contributed by atoms with E-state index in [9.17, 15) is 9.18 Å². The predicted molar refractivity (Wildman–Crippen MR) is 59.6 cm³/mol. The molecule has 0 saturated carbocycles. The molecule has 0 atom stereocenters. The fourth-order valence-corrected chi connectivity index (χ4v) is 1.35. The van der Waals surface area contributed by atoms with Crippen LogP contribution in [0.25, 0.3) is 0 Å². The lowest BCUT2D eigenvalue weighted by Crippen LogP contribution is -3.05. The first kappa shape index (κ1) is 12.6. The Kier molecular flexibility index (Phi) is 4.43. The quantitative estimate of drug-likeness (QED) is 0.743. The van der Waals surface area contributed by atoms with Crippen LogP contribution in [0.2, 0.25) is 0 Å². The molecule has 0 bridgehead atoms. The van der Waals surface area contributed by atoms with Crippen LogP contribution in [-0.4, -0.2) is 33.5 Å². The van der Waals surface area contributed by atoms with E-state index < -0.39 is 5.82 Å². The topological polar surface area (TPSA) is 30.7 Å². The summed E-state index contributed by atoms with van der Waals surface area (Å²) in [5.41, 5.74) is 0.141. The van der Waals surface area contributed by atoms with Crippen LogP contribution >= 0.6 is 0 Å². The molecular weight excluding hydrogens is 209 g/mol. The van der Waals surface area contributed by atoms with Gasteiger partial charge in [0.1, 0.15) is 11.6 Å². The van der Waals surface area contributed by atoms with Gasteiger partial charge in [0.15, 0.2) is 5.78 Å². The van der Waals surface area contributed by atoms with Gasteiger partial charge in [-0.3, -0.25) is 4.79 Å². The number of nitrogens with one attached hydrogen (secondary N) is 1. The van der Waals surface area contributed by atoms with Crippen LogP contribution < -0.4 is 9.64 Å². The molecule has 1 N–H and O–H groups in total. The molecule has 4 heteroatoms. The van der Waals surface area contributed by atoms with Gasteiger partial charge in [0, 0.05) is 6.07 Å². The van der Waals surface area contributed by atoms with Crippen molar-refractivity contribution in [3.63, 3.8) is 0 Å². The molecule has 0 radical (unpaired) electrons. The highest BCUT2D eigenvalue weighted by Gasteiger charge is 2.13. The molecule has 0 fully saturated rings. The first-order valence-electron chi connectivity index (χ1n) is 5.20. The maximum atomic E-state index is 13.5. The van der Waals surface area contributed by atoms with Crippen molar-refractivity contribution < 1.29 is 18.8 Å². The molecule has 0 saturated heterocycles. The summed E-state index contributed by atoms with van der Waals surface area (Å²) in [7, 11) is 5.38. The number of hydrogen-bond donors (Lipinski definition) is 1. The lowest BCUT2D eigenvalue weighted by atomic mass is 10.1. The largest absolute Gasteiger partial charge is 0.497 e. The monoisotopic (exact) mass is 226 g/mol. The first-order chi connectivity index (χ1) is 7.54. The van der Waals surface area contributed by atoms with Crippen molar-refractivity contribution in [2.24, 2.45) is 0 Å². The van der Waals surface area contributed by atoms with Crippen LogP contribution in [0.1, 0.15) is 16.8 Å². The fourth-order valence-electron chi connectivity index (χ4n) is 1.35. The normalized spacial score (nSPS) is 10.6. The Morgan fingerprint density at radius 1 is 1.44 bits per heavy atom. The van der Waals surface area contributed by atoms with Crippen LogP contribution in [0.4, 0.5) is 4.39 Å². The number of rotatable bonds is 5. The minimum atomic E-state index is -0.516. The van der Waals surface area contributed by atoms with E-state index >= 15 is 0 Å². The van der Waals surface area contributed by atoms with E-state index in [0.29, 0.717) is 18.7 Å². The van der Waals surface area contributed by atoms with Gasteiger partial charge in [-0.15, -0.1) is 0 Å². The van der Waals surface area contributed by atoms with Gasteiger partial charge in [0.05, 0.1) is 39.7 Å². The van der Waals surface area contributed by atoms with Crippen LogP contribution in [0.3, 0.4) is 0 Å². The zero-order valence-electron chi connectivity index (χ0n) is 9.84. The van der Waals surface area contributed by atoms with Crippen molar-refractivity contribution >= 4 is 5.78 Å². The molecular formula is C12H17FNO2+.